The van der Waals surface area contributed by atoms with Crippen molar-refractivity contribution >= 4 is 12.6 Å². The van der Waals surface area contributed by atoms with Crippen molar-refractivity contribution in [2.45, 2.75) is 52.2 Å². The number of aromatic amines is 1. The van der Waals surface area contributed by atoms with E-state index in [0.29, 0.717) is 0 Å². The molecule has 1 fully saturated rings. The molecule has 2 heterocycles. The average Bonchev–Trinajstić information content (AvgIpc) is 2.69. The maximum Gasteiger partial charge on any atom is 0.498 e. The zero-order chi connectivity index (χ0) is 12.0. The average molecular weight is 222 g/mol. The van der Waals surface area contributed by atoms with Crippen LogP contribution < -0.4 is 5.46 Å². The molecule has 0 unspecified atom stereocenters. The van der Waals surface area contributed by atoms with Crippen molar-refractivity contribution in [1.82, 2.24) is 10.2 Å². The molecule has 16 heavy (non-hydrogen) atoms. The highest BCUT2D eigenvalue weighted by Crippen LogP contribution is 2.36. The molecule has 0 aromatic carbocycles. The number of aryl methyl sites for hydroxylation is 1. The summed E-state index contributed by atoms with van der Waals surface area (Å²) in [5.74, 6) is 0. The van der Waals surface area contributed by atoms with Crippen LogP contribution >= 0.6 is 0 Å². The first-order chi connectivity index (χ1) is 7.37. The Bertz CT molecular complexity index is 371. The lowest BCUT2D eigenvalue weighted by Gasteiger charge is -2.32. The minimum atomic E-state index is -0.307. The molecule has 4 nitrogen and oxygen atoms in total. The number of hydrogen-bond donors (Lipinski definition) is 1. The molecular weight excluding hydrogens is 203 g/mol. The van der Waals surface area contributed by atoms with E-state index in [1.807, 2.05) is 6.20 Å². The number of aromatic nitrogens is 2. The van der Waals surface area contributed by atoms with E-state index in [-0.39, 0.29) is 18.3 Å². The third-order valence-corrected chi connectivity index (χ3v) is 3.59. The SMILES string of the molecule is CCc1n[nH]cc1B1OC(C)(C)C(C)(C)O1. The van der Waals surface area contributed by atoms with Gasteiger partial charge in [0.25, 0.3) is 0 Å². The van der Waals surface area contributed by atoms with Gasteiger partial charge in [-0.15, -0.1) is 0 Å². The molecular formula is C11H19BN2O2. The van der Waals surface area contributed by atoms with Crippen molar-refractivity contribution < 1.29 is 9.31 Å². The van der Waals surface area contributed by atoms with Crippen LogP contribution in [0.1, 0.15) is 40.3 Å². The summed E-state index contributed by atoms with van der Waals surface area (Å²) in [6.07, 6.45) is 2.74. The summed E-state index contributed by atoms with van der Waals surface area (Å²) in [6.45, 7) is 10.3. The van der Waals surface area contributed by atoms with E-state index in [9.17, 15) is 0 Å². The number of hydrogen-bond acceptors (Lipinski definition) is 3. The van der Waals surface area contributed by atoms with E-state index >= 15 is 0 Å². The summed E-state index contributed by atoms with van der Waals surface area (Å²) in [7, 11) is -0.307. The maximum atomic E-state index is 5.97. The summed E-state index contributed by atoms with van der Waals surface area (Å²) < 4.78 is 11.9. The number of nitrogens with zero attached hydrogens (tertiary/aromatic N) is 1. The molecule has 0 bridgehead atoms. The van der Waals surface area contributed by atoms with E-state index in [1.165, 1.54) is 0 Å². The minimum absolute atomic E-state index is 0.292. The van der Waals surface area contributed by atoms with Crippen molar-refractivity contribution in [2.24, 2.45) is 0 Å². The monoisotopic (exact) mass is 222 g/mol. The Morgan fingerprint density at radius 1 is 1.25 bits per heavy atom. The van der Waals surface area contributed by atoms with Gasteiger partial charge in [-0.05, 0) is 34.1 Å². The van der Waals surface area contributed by atoms with Crippen molar-refractivity contribution in [1.29, 1.82) is 0 Å². The standard InChI is InChI=1S/C11H19BN2O2/c1-6-9-8(7-13-14-9)12-15-10(2,3)11(4,5)16-12/h7H,6H2,1-5H3,(H,13,14). The van der Waals surface area contributed by atoms with Gasteiger partial charge < -0.3 is 9.31 Å². The molecule has 0 radical (unpaired) electrons. The number of H-pyrrole nitrogens is 1. The Balaban J connectivity index is 2.27. The summed E-state index contributed by atoms with van der Waals surface area (Å²) in [5, 5.41) is 7.06. The fourth-order valence-corrected chi connectivity index (χ4v) is 1.78. The van der Waals surface area contributed by atoms with Crippen LogP contribution in [-0.4, -0.2) is 28.5 Å². The molecule has 0 saturated carbocycles. The van der Waals surface area contributed by atoms with Crippen molar-refractivity contribution in [3.05, 3.63) is 11.9 Å². The minimum Gasteiger partial charge on any atom is -0.399 e. The molecule has 0 amide bonds. The van der Waals surface area contributed by atoms with Crippen LogP contribution in [0.2, 0.25) is 0 Å². The van der Waals surface area contributed by atoms with Crippen LogP contribution in [0.4, 0.5) is 0 Å². The molecule has 2 rings (SSSR count). The lowest BCUT2D eigenvalue weighted by Crippen LogP contribution is -2.41. The van der Waals surface area contributed by atoms with E-state index in [0.717, 1.165) is 17.6 Å². The molecule has 0 atom stereocenters. The molecule has 1 aromatic heterocycles. The predicted octanol–water partition coefficient (Wildman–Crippen LogP) is 1.27. The first kappa shape index (κ1) is 11.7. The smallest absolute Gasteiger partial charge is 0.399 e. The molecule has 88 valence electrons. The molecule has 1 aliphatic rings. The van der Waals surface area contributed by atoms with Crippen LogP contribution in [0.15, 0.2) is 6.20 Å². The molecule has 1 aliphatic heterocycles. The van der Waals surface area contributed by atoms with Crippen LogP contribution in [0.5, 0.6) is 0 Å². The highest BCUT2D eigenvalue weighted by Gasteiger charge is 2.52. The van der Waals surface area contributed by atoms with Gasteiger partial charge in [0.2, 0.25) is 0 Å². The topological polar surface area (TPSA) is 47.1 Å². The van der Waals surface area contributed by atoms with Gasteiger partial charge in [-0.1, -0.05) is 6.92 Å². The summed E-state index contributed by atoms with van der Waals surface area (Å²) in [5.41, 5.74) is 1.44. The molecule has 0 aliphatic carbocycles. The third kappa shape index (κ3) is 1.68. The maximum absolute atomic E-state index is 5.97. The normalized spacial score (nSPS) is 22.7. The molecule has 5 heteroatoms. The van der Waals surface area contributed by atoms with Gasteiger partial charge in [0.15, 0.2) is 0 Å². The summed E-state index contributed by atoms with van der Waals surface area (Å²) in [6, 6.07) is 0. The van der Waals surface area contributed by atoms with Gasteiger partial charge in [0, 0.05) is 11.7 Å². The van der Waals surface area contributed by atoms with Crippen molar-refractivity contribution in [2.75, 3.05) is 0 Å². The van der Waals surface area contributed by atoms with E-state index in [2.05, 4.69) is 44.8 Å². The van der Waals surface area contributed by atoms with Crippen LogP contribution in [-0.2, 0) is 15.7 Å². The van der Waals surface area contributed by atoms with Crippen LogP contribution in [0.25, 0.3) is 0 Å². The molecule has 1 saturated heterocycles. The Hall–Kier alpha value is -0.805. The van der Waals surface area contributed by atoms with Gasteiger partial charge in [-0.3, -0.25) is 5.10 Å². The van der Waals surface area contributed by atoms with Gasteiger partial charge in [-0.25, -0.2) is 0 Å². The molecule has 0 spiro atoms. The Morgan fingerprint density at radius 3 is 2.31 bits per heavy atom. The first-order valence-electron chi connectivity index (χ1n) is 5.75. The quantitative estimate of drug-likeness (QED) is 0.766. The number of nitrogens with one attached hydrogen (secondary N) is 1. The van der Waals surface area contributed by atoms with Crippen molar-refractivity contribution in [3.63, 3.8) is 0 Å². The molecule has 1 N–H and O–H groups in total. The van der Waals surface area contributed by atoms with E-state index in [4.69, 9.17) is 9.31 Å². The largest absolute Gasteiger partial charge is 0.498 e. The van der Waals surface area contributed by atoms with Crippen LogP contribution in [0, 0.1) is 0 Å². The fourth-order valence-electron chi connectivity index (χ4n) is 1.78. The van der Waals surface area contributed by atoms with Crippen LogP contribution in [0.3, 0.4) is 0 Å². The second-order valence-corrected chi connectivity index (χ2v) is 5.23. The van der Waals surface area contributed by atoms with Crippen molar-refractivity contribution in [3.8, 4) is 0 Å². The predicted molar refractivity (Wildman–Crippen MR) is 63.7 cm³/mol. The second kappa shape index (κ2) is 3.60. The van der Waals surface area contributed by atoms with Gasteiger partial charge in [0.05, 0.1) is 16.9 Å². The lowest BCUT2D eigenvalue weighted by atomic mass is 9.79. The molecule has 1 aromatic rings. The third-order valence-electron chi connectivity index (χ3n) is 3.59. The zero-order valence-corrected chi connectivity index (χ0v) is 10.6. The zero-order valence-electron chi connectivity index (χ0n) is 10.6. The Morgan fingerprint density at radius 2 is 1.81 bits per heavy atom. The van der Waals surface area contributed by atoms with E-state index < -0.39 is 0 Å². The Kier molecular flexibility index (Phi) is 2.63. The number of rotatable bonds is 2. The summed E-state index contributed by atoms with van der Waals surface area (Å²) in [4.78, 5) is 0. The summed E-state index contributed by atoms with van der Waals surface area (Å²) >= 11 is 0. The Labute approximate surface area is 96.9 Å². The first-order valence-corrected chi connectivity index (χ1v) is 5.75. The second-order valence-electron chi connectivity index (χ2n) is 5.23. The van der Waals surface area contributed by atoms with E-state index in [1.54, 1.807) is 0 Å². The fraction of sp³-hybridized carbons (Fsp3) is 0.727. The highest BCUT2D eigenvalue weighted by atomic mass is 16.7. The van der Waals surface area contributed by atoms with Gasteiger partial charge >= 0.3 is 7.12 Å². The lowest BCUT2D eigenvalue weighted by molar-refractivity contribution is 0.00578. The van der Waals surface area contributed by atoms with Gasteiger partial charge in [0.1, 0.15) is 0 Å². The highest BCUT2D eigenvalue weighted by molar-refractivity contribution is 6.62. The van der Waals surface area contributed by atoms with Gasteiger partial charge in [-0.2, -0.15) is 5.10 Å².